The second-order valence-corrected chi connectivity index (χ2v) is 7.09. The molecule has 142 valence electrons. The highest BCUT2D eigenvalue weighted by molar-refractivity contribution is 5.89. The van der Waals surface area contributed by atoms with Crippen molar-refractivity contribution >= 4 is 17.6 Å². The molecule has 0 unspecified atom stereocenters. The Morgan fingerprint density at radius 1 is 1.00 bits per heavy atom. The Hall–Kier alpha value is -2.82. The minimum Gasteiger partial charge on any atom is -0.352 e. The SMILES string of the molecule is Cc1cccc(CCC(=O)NCc2cccc(NC(=O)N3CCCC3)c2)c1. The predicted octanol–water partition coefficient (Wildman–Crippen LogP) is 3.87. The van der Waals surface area contributed by atoms with Gasteiger partial charge >= 0.3 is 6.03 Å². The summed E-state index contributed by atoms with van der Waals surface area (Å²) in [6, 6.07) is 15.8. The molecule has 3 amide bonds. The first-order valence-corrected chi connectivity index (χ1v) is 9.57. The Balaban J connectivity index is 1.46. The van der Waals surface area contributed by atoms with Gasteiger partial charge in [-0.15, -0.1) is 0 Å². The summed E-state index contributed by atoms with van der Waals surface area (Å²) in [7, 11) is 0. The summed E-state index contributed by atoms with van der Waals surface area (Å²) in [6.07, 6.45) is 3.35. The fraction of sp³-hybridized carbons (Fsp3) is 0.364. The number of rotatable bonds is 6. The molecule has 0 saturated carbocycles. The summed E-state index contributed by atoms with van der Waals surface area (Å²) >= 11 is 0. The topological polar surface area (TPSA) is 61.4 Å². The number of anilines is 1. The number of carbonyl (C=O) groups is 2. The Morgan fingerprint density at radius 2 is 1.74 bits per heavy atom. The second kappa shape index (κ2) is 9.21. The lowest BCUT2D eigenvalue weighted by atomic mass is 10.1. The Bertz CT molecular complexity index is 798. The number of nitrogens with one attached hydrogen (secondary N) is 2. The Morgan fingerprint density at radius 3 is 2.52 bits per heavy atom. The Kier molecular flexibility index (Phi) is 6.47. The molecule has 3 rings (SSSR count). The lowest BCUT2D eigenvalue weighted by molar-refractivity contribution is -0.121. The maximum absolute atomic E-state index is 12.2. The van der Waals surface area contributed by atoms with Crippen molar-refractivity contribution in [2.45, 2.75) is 39.2 Å². The smallest absolute Gasteiger partial charge is 0.321 e. The van der Waals surface area contributed by atoms with Crippen LogP contribution in [-0.2, 0) is 17.8 Å². The molecule has 2 aromatic carbocycles. The molecular formula is C22H27N3O2. The number of nitrogens with zero attached hydrogens (tertiary/aromatic N) is 1. The molecule has 2 aromatic rings. The molecule has 0 atom stereocenters. The van der Waals surface area contributed by atoms with Crippen molar-refractivity contribution in [3.05, 3.63) is 65.2 Å². The first kappa shape index (κ1) is 19.0. The predicted molar refractivity (Wildman–Crippen MR) is 108 cm³/mol. The van der Waals surface area contributed by atoms with E-state index in [4.69, 9.17) is 0 Å². The number of aryl methyl sites for hydroxylation is 2. The van der Waals surface area contributed by atoms with E-state index >= 15 is 0 Å². The van der Waals surface area contributed by atoms with Crippen LogP contribution in [-0.4, -0.2) is 29.9 Å². The zero-order chi connectivity index (χ0) is 19.1. The fourth-order valence-corrected chi connectivity index (χ4v) is 3.30. The molecule has 1 heterocycles. The highest BCUT2D eigenvalue weighted by Crippen LogP contribution is 2.14. The van der Waals surface area contributed by atoms with Crippen LogP contribution in [0.4, 0.5) is 10.5 Å². The molecule has 1 aliphatic heterocycles. The van der Waals surface area contributed by atoms with Gasteiger partial charge in [-0.05, 0) is 49.4 Å². The van der Waals surface area contributed by atoms with E-state index in [2.05, 4.69) is 29.7 Å². The summed E-state index contributed by atoms with van der Waals surface area (Å²) in [5.74, 6) is 0.0306. The minimum absolute atomic E-state index is 0.0306. The first-order valence-electron chi connectivity index (χ1n) is 9.57. The molecular weight excluding hydrogens is 338 g/mol. The average Bonchev–Trinajstić information content (AvgIpc) is 3.20. The molecule has 0 aliphatic carbocycles. The van der Waals surface area contributed by atoms with Crippen LogP contribution < -0.4 is 10.6 Å². The summed E-state index contributed by atoms with van der Waals surface area (Å²) in [5.41, 5.74) is 4.12. The van der Waals surface area contributed by atoms with Gasteiger partial charge in [-0.2, -0.15) is 0 Å². The summed E-state index contributed by atoms with van der Waals surface area (Å²) in [6.45, 7) is 4.16. The number of hydrogen-bond acceptors (Lipinski definition) is 2. The van der Waals surface area contributed by atoms with Crippen LogP contribution >= 0.6 is 0 Å². The maximum Gasteiger partial charge on any atom is 0.321 e. The van der Waals surface area contributed by atoms with Gasteiger partial charge < -0.3 is 15.5 Å². The molecule has 1 fully saturated rings. The van der Waals surface area contributed by atoms with Crippen molar-refractivity contribution in [1.29, 1.82) is 0 Å². The van der Waals surface area contributed by atoms with Crippen LogP contribution in [0.1, 0.15) is 36.0 Å². The normalized spacial score (nSPS) is 13.4. The number of hydrogen-bond donors (Lipinski definition) is 2. The number of carbonyl (C=O) groups excluding carboxylic acids is 2. The van der Waals surface area contributed by atoms with Crippen molar-refractivity contribution in [3.8, 4) is 0 Å². The fourth-order valence-electron chi connectivity index (χ4n) is 3.30. The molecule has 1 saturated heterocycles. The third-order valence-corrected chi connectivity index (χ3v) is 4.78. The van der Waals surface area contributed by atoms with Gasteiger partial charge in [0.25, 0.3) is 0 Å². The molecule has 5 nitrogen and oxygen atoms in total. The molecule has 5 heteroatoms. The van der Waals surface area contributed by atoms with E-state index in [1.807, 2.05) is 41.3 Å². The van der Waals surface area contributed by atoms with Gasteiger partial charge in [0.1, 0.15) is 0 Å². The van der Waals surface area contributed by atoms with E-state index < -0.39 is 0 Å². The van der Waals surface area contributed by atoms with E-state index in [1.165, 1.54) is 11.1 Å². The molecule has 0 aromatic heterocycles. The van der Waals surface area contributed by atoms with Gasteiger partial charge in [-0.25, -0.2) is 4.79 Å². The third-order valence-electron chi connectivity index (χ3n) is 4.78. The van der Waals surface area contributed by atoms with Crippen molar-refractivity contribution < 1.29 is 9.59 Å². The van der Waals surface area contributed by atoms with E-state index in [-0.39, 0.29) is 11.9 Å². The largest absolute Gasteiger partial charge is 0.352 e. The number of likely N-dealkylation sites (tertiary alicyclic amines) is 1. The van der Waals surface area contributed by atoms with Crippen LogP contribution in [0.15, 0.2) is 48.5 Å². The van der Waals surface area contributed by atoms with Gasteiger partial charge in [0.2, 0.25) is 5.91 Å². The summed E-state index contributed by atoms with van der Waals surface area (Å²) in [4.78, 5) is 26.1. The van der Waals surface area contributed by atoms with Gasteiger partial charge in [-0.3, -0.25) is 4.79 Å². The summed E-state index contributed by atoms with van der Waals surface area (Å²) in [5, 5.41) is 5.90. The highest BCUT2D eigenvalue weighted by atomic mass is 16.2. The van der Waals surface area contributed by atoms with Gasteiger partial charge in [0.15, 0.2) is 0 Å². The molecule has 0 spiro atoms. The van der Waals surface area contributed by atoms with Crippen molar-refractivity contribution in [2.24, 2.45) is 0 Å². The zero-order valence-corrected chi connectivity index (χ0v) is 15.8. The van der Waals surface area contributed by atoms with Crippen molar-refractivity contribution in [1.82, 2.24) is 10.2 Å². The van der Waals surface area contributed by atoms with Gasteiger partial charge in [0.05, 0.1) is 0 Å². The van der Waals surface area contributed by atoms with Crippen LogP contribution in [0.2, 0.25) is 0 Å². The third kappa shape index (κ3) is 5.84. The standard InChI is InChI=1S/C22H27N3O2/c1-17-6-4-7-18(14-17)10-11-21(26)23-16-19-8-5-9-20(15-19)24-22(27)25-12-2-3-13-25/h4-9,14-15H,2-3,10-13,16H2,1H3,(H,23,26)(H,24,27). The lowest BCUT2D eigenvalue weighted by Gasteiger charge is -2.16. The van der Waals surface area contributed by atoms with Crippen LogP contribution in [0, 0.1) is 6.92 Å². The molecule has 0 bridgehead atoms. The van der Waals surface area contributed by atoms with E-state index in [0.717, 1.165) is 43.6 Å². The minimum atomic E-state index is -0.0492. The van der Waals surface area contributed by atoms with Crippen molar-refractivity contribution in [3.63, 3.8) is 0 Å². The average molecular weight is 365 g/mol. The first-order chi connectivity index (χ1) is 13.1. The van der Waals surface area contributed by atoms with E-state index in [1.54, 1.807) is 0 Å². The molecule has 1 aliphatic rings. The van der Waals surface area contributed by atoms with E-state index in [9.17, 15) is 9.59 Å². The molecule has 0 radical (unpaired) electrons. The second-order valence-electron chi connectivity index (χ2n) is 7.09. The summed E-state index contributed by atoms with van der Waals surface area (Å²) < 4.78 is 0. The molecule has 27 heavy (non-hydrogen) atoms. The van der Waals surface area contributed by atoms with E-state index in [0.29, 0.717) is 13.0 Å². The van der Waals surface area contributed by atoms with Crippen LogP contribution in [0.3, 0.4) is 0 Å². The highest BCUT2D eigenvalue weighted by Gasteiger charge is 2.17. The quantitative estimate of drug-likeness (QED) is 0.816. The number of benzene rings is 2. The Labute approximate surface area is 160 Å². The maximum atomic E-state index is 12.2. The van der Waals surface area contributed by atoms with Crippen LogP contribution in [0.25, 0.3) is 0 Å². The zero-order valence-electron chi connectivity index (χ0n) is 15.8. The molecule has 2 N–H and O–H groups in total. The number of amides is 3. The van der Waals surface area contributed by atoms with Gasteiger partial charge in [0, 0.05) is 31.7 Å². The van der Waals surface area contributed by atoms with Crippen LogP contribution in [0.5, 0.6) is 0 Å². The monoisotopic (exact) mass is 365 g/mol. The van der Waals surface area contributed by atoms with Gasteiger partial charge in [-0.1, -0.05) is 42.0 Å². The number of urea groups is 1. The lowest BCUT2D eigenvalue weighted by Crippen LogP contribution is -2.32. The van der Waals surface area contributed by atoms with Crippen molar-refractivity contribution in [2.75, 3.05) is 18.4 Å².